The zero-order valence-corrected chi connectivity index (χ0v) is 13.8. The molecule has 4 heteroatoms. The van der Waals surface area contributed by atoms with Crippen LogP contribution in [0.5, 0.6) is 11.5 Å². The van der Waals surface area contributed by atoms with Gasteiger partial charge in [0.05, 0.1) is 11.4 Å². The predicted octanol–water partition coefficient (Wildman–Crippen LogP) is 6.49. The van der Waals surface area contributed by atoms with Crippen LogP contribution in [-0.2, 0) is 0 Å². The van der Waals surface area contributed by atoms with E-state index in [-0.39, 0.29) is 0 Å². The van der Waals surface area contributed by atoms with Gasteiger partial charge in [-0.1, -0.05) is 52.0 Å². The van der Waals surface area contributed by atoms with E-state index < -0.39 is 0 Å². The molecule has 0 unspecified atom stereocenters. The van der Waals surface area contributed by atoms with Crippen molar-refractivity contribution in [3.05, 3.63) is 65.1 Å². The van der Waals surface area contributed by atoms with Crippen molar-refractivity contribution in [1.82, 2.24) is 0 Å². The van der Waals surface area contributed by atoms with Gasteiger partial charge in [-0.2, -0.15) is 0 Å². The number of ether oxygens (including phenoxy) is 1. The molecule has 5 rings (SSSR count). The van der Waals surface area contributed by atoms with Gasteiger partial charge in [-0.3, -0.25) is 0 Å². The fourth-order valence-corrected chi connectivity index (χ4v) is 4.70. The van der Waals surface area contributed by atoms with E-state index in [1.54, 1.807) is 11.8 Å². The first-order chi connectivity index (χ1) is 10.8. The molecule has 0 bridgehead atoms. The molecule has 0 radical (unpaired) electrons. The highest BCUT2D eigenvalue weighted by Crippen LogP contribution is 2.60. The summed E-state index contributed by atoms with van der Waals surface area (Å²) in [6.07, 6.45) is 0. The van der Waals surface area contributed by atoms with Gasteiger partial charge in [-0.05, 0) is 36.4 Å². The fourth-order valence-electron chi connectivity index (χ4n) is 2.99. The van der Waals surface area contributed by atoms with E-state index in [1.165, 1.54) is 15.5 Å². The van der Waals surface area contributed by atoms with Crippen LogP contribution in [0.15, 0.2) is 74.9 Å². The molecule has 3 aromatic rings. The van der Waals surface area contributed by atoms with Crippen molar-refractivity contribution < 1.29 is 4.74 Å². The van der Waals surface area contributed by atoms with Crippen LogP contribution < -0.4 is 9.64 Å². The Morgan fingerprint density at radius 2 is 1.59 bits per heavy atom. The number of hydrogen-bond acceptors (Lipinski definition) is 3. The first-order valence-electron chi connectivity index (χ1n) is 6.99. The first kappa shape index (κ1) is 12.6. The highest BCUT2D eigenvalue weighted by atomic mass is 79.9. The van der Waals surface area contributed by atoms with Crippen LogP contribution in [0, 0.1) is 0 Å². The zero-order valence-electron chi connectivity index (χ0n) is 11.4. The summed E-state index contributed by atoms with van der Waals surface area (Å²) in [6, 6.07) is 20.9. The lowest BCUT2D eigenvalue weighted by molar-refractivity contribution is 0.474. The molecule has 2 aliphatic heterocycles. The van der Waals surface area contributed by atoms with Gasteiger partial charge < -0.3 is 9.64 Å². The lowest BCUT2D eigenvalue weighted by Gasteiger charge is -2.38. The van der Waals surface area contributed by atoms with Crippen molar-refractivity contribution in [3.63, 3.8) is 0 Å². The van der Waals surface area contributed by atoms with E-state index in [1.807, 2.05) is 18.2 Å². The maximum Gasteiger partial charge on any atom is 0.153 e. The first-order valence-corrected chi connectivity index (χ1v) is 8.60. The molecular weight excluding hydrogens is 358 g/mol. The van der Waals surface area contributed by atoms with E-state index in [9.17, 15) is 0 Å². The third kappa shape index (κ3) is 1.68. The topological polar surface area (TPSA) is 12.5 Å². The number of para-hydroxylation sites is 3. The number of anilines is 3. The van der Waals surface area contributed by atoms with Gasteiger partial charge in [0.1, 0.15) is 5.69 Å². The van der Waals surface area contributed by atoms with Crippen molar-refractivity contribution in [3.8, 4) is 11.5 Å². The molecule has 0 amide bonds. The van der Waals surface area contributed by atoms with Crippen molar-refractivity contribution >= 4 is 44.8 Å². The summed E-state index contributed by atoms with van der Waals surface area (Å²) in [4.78, 5) is 4.77. The average Bonchev–Trinajstić information content (AvgIpc) is 2.54. The van der Waals surface area contributed by atoms with Crippen molar-refractivity contribution in [2.24, 2.45) is 0 Å². The molecule has 0 aromatic heterocycles. The van der Waals surface area contributed by atoms with Crippen LogP contribution in [0.2, 0.25) is 0 Å². The summed E-state index contributed by atoms with van der Waals surface area (Å²) < 4.78 is 7.17. The van der Waals surface area contributed by atoms with E-state index >= 15 is 0 Å². The molecule has 0 saturated carbocycles. The van der Waals surface area contributed by atoms with Crippen molar-refractivity contribution in [2.75, 3.05) is 4.90 Å². The molecule has 0 fully saturated rings. The molecule has 0 aliphatic carbocycles. The monoisotopic (exact) mass is 367 g/mol. The zero-order chi connectivity index (χ0) is 14.7. The minimum Gasteiger partial charge on any atom is -0.453 e. The minimum atomic E-state index is 0.890. The summed E-state index contributed by atoms with van der Waals surface area (Å²) in [6.45, 7) is 0. The van der Waals surface area contributed by atoms with E-state index in [4.69, 9.17) is 4.74 Å². The molecule has 3 aromatic carbocycles. The van der Waals surface area contributed by atoms with Gasteiger partial charge in [-0.25, -0.2) is 0 Å². The van der Waals surface area contributed by atoms with Crippen LogP contribution in [0.3, 0.4) is 0 Å². The lowest BCUT2D eigenvalue weighted by atomic mass is 10.1. The van der Waals surface area contributed by atoms with Gasteiger partial charge in [0.2, 0.25) is 0 Å². The maximum absolute atomic E-state index is 6.14. The van der Waals surface area contributed by atoms with Gasteiger partial charge >= 0.3 is 0 Å². The summed E-state index contributed by atoms with van der Waals surface area (Å²) in [7, 11) is 0. The molecule has 2 aliphatic rings. The molecule has 0 atom stereocenters. The number of halogens is 1. The molecule has 106 valence electrons. The Morgan fingerprint density at radius 3 is 2.50 bits per heavy atom. The summed E-state index contributed by atoms with van der Waals surface area (Å²) in [5.74, 6) is 1.78. The summed E-state index contributed by atoms with van der Waals surface area (Å²) >= 11 is 5.38. The molecule has 0 saturated heterocycles. The predicted molar refractivity (Wildman–Crippen MR) is 93.0 cm³/mol. The number of hydrogen-bond donors (Lipinski definition) is 0. The second-order valence-corrected chi connectivity index (χ2v) is 7.23. The van der Waals surface area contributed by atoms with Crippen LogP contribution in [0.1, 0.15) is 0 Å². The Labute approximate surface area is 140 Å². The number of nitrogens with zero attached hydrogens (tertiary/aromatic N) is 1. The van der Waals surface area contributed by atoms with Crippen LogP contribution in [0.25, 0.3) is 0 Å². The SMILES string of the molecule is Brc1cc2c3c(c1)Sc1ccccc1N3c1ccccc1O2. The van der Waals surface area contributed by atoms with Crippen molar-refractivity contribution in [1.29, 1.82) is 0 Å². The molecule has 0 N–H and O–H groups in total. The second-order valence-electron chi connectivity index (χ2n) is 5.23. The van der Waals surface area contributed by atoms with Gasteiger partial charge in [0.25, 0.3) is 0 Å². The fraction of sp³-hybridized carbons (Fsp3) is 0. The smallest absolute Gasteiger partial charge is 0.153 e. The average molecular weight is 368 g/mol. The summed E-state index contributed by atoms with van der Waals surface area (Å²) in [5, 5.41) is 0. The Balaban J connectivity index is 1.88. The largest absolute Gasteiger partial charge is 0.453 e. The third-order valence-electron chi connectivity index (χ3n) is 3.88. The van der Waals surface area contributed by atoms with Crippen LogP contribution in [0.4, 0.5) is 17.1 Å². The molecular formula is C18H10BrNOS. The number of rotatable bonds is 0. The summed E-state index contributed by atoms with van der Waals surface area (Å²) in [5.41, 5.74) is 3.43. The van der Waals surface area contributed by atoms with E-state index in [0.717, 1.165) is 27.3 Å². The highest BCUT2D eigenvalue weighted by molar-refractivity contribution is 9.10. The normalized spacial score (nSPS) is 13.8. The standard InChI is InChI=1S/C18H10BrNOS/c19-11-9-15-18-17(10-11)22-16-8-4-2-6-13(16)20(18)12-5-1-3-7-14(12)21-15/h1-10H. The Morgan fingerprint density at radius 1 is 0.818 bits per heavy atom. The van der Waals surface area contributed by atoms with E-state index in [0.29, 0.717) is 0 Å². The molecule has 2 heterocycles. The third-order valence-corrected chi connectivity index (χ3v) is 5.43. The highest BCUT2D eigenvalue weighted by Gasteiger charge is 2.33. The lowest BCUT2D eigenvalue weighted by Crippen LogP contribution is -2.19. The molecule has 2 nitrogen and oxygen atoms in total. The Bertz CT molecular complexity index is 854. The Kier molecular flexibility index (Phi) is 2.60. The van der Waals surface area contributed by atoms with Gasteiger partial charge in [-0.15, -0.1) is 0 Å². The second kappa shape index (κ2) is 4.54. The minimum absolute atomic E-state index is 0.890. The number of fused-ring (bicyclic) bond motifs is 4. The number of benzene rings is 3. The van der Waals surface area contributed by atoms with Crippen LogP contribution >= 0.6 is 27.7 Å². The van der Waals surface area contributed by atoms with Gasteiger partial charge in [0.15, 0.2) is 11.5 Å². The van der Waals surface area contributed by atoms with Gasteiger partial charge in [0, 0.05) is 14.3 Å². The quantitative estimate of drug-likeness (QED) is 0.310. The maximum atomic E-state index is 6.14. The van der Waals surface area contributed by atoms with E-state index in [2.05, 4.69) is 63.3 Å². The molecule has 22 heavy (non-hydrogen) atoms. The molecule has 0 spiro atoms. The Hall–Kier alpha value is -1.91. The van der Waals surface area contributed by atoms with Crippen LogP contribution in [-0.4, -0.2) is 0 Å². The van der Waals surface area contributed by atoms with Crippen molar-refractivity contribution in [2.45, 2.75) is 9.79 Å².